The molecule has 0 radical (unpaired) electrons. The Bertz CT molecular complexity index is 1430. The summed E-state index contributed by atoms with van der Waals surface area (Å²) >= 11 is 0.704. The third-order valence-corrected chi connectivity index (χ3v) is 6.43. The van der Waals surface area contributed by atoms with E-state index in [0.717, 1.165) is 11.6 Å². The van der Waals surface area contributed by atoms with Gasteiger partial charge in [-0.3, -0.25) is 19.0 Å². The fourth-order valence-corrected chi connectivity index (χ4v) is 4.71. The van der Waals surface area contributed by atoms with Gasteiger partial charge in [-0.1, -0.05) is 0 Å². The van der Waals surface area contributed by atoms with E-state index >= 15 is 0 Å². The van der Waals surface area contributed by atoms with Gasteiger partial charge in [-0.05, 0) is 38.0 Å². The molecule has 0 spiro atoms. The number of rotatable bonds is 7. The lowest BCUT2D eigenvalue weighted by Gasteiger charge is -2.12. The first kappa shape index (κ1) is 24.4. The average molecular weight is 506 g/mol. The number of hydrogen-bond acceptors (Lipinski definition) is 6. The lowest BCUT2D eigenvalue weighted by molar-refractivity contribution is -0.140. The van der Waals surface area contributed by atoms with Crippen LogP contribution in [0.25, 0.3) is 21.3 Å². The highest BCUT2D eigenvalue weighted by Crippen LogP contribution is 2.44. The number of carbonyl (C=O) groups is 2. The first-order valence-electron chi connectivity index (χ1n) is 10.7. The zero-order valence-electron chi connectivity index (χ0n) is 19.1. The Labute approximate surface area is 201 Å². The lowest BCUT2D eigenvalue weighted by atomic mass is 10.0. The highest BCUT2D eigenvalue weighted by Gasteiger charge is 2.35. The average Bonchev–Trinajstić information content (AvgIpc) is 3.48. The van der Waals surface area contributed by atoms with Crippen molar-refractivity contribution in [2.45, 2.75) is 46.5 Å². The molecule has 0 saturated heterocycles. The summed E-state index contributed by atoms with van der Waals surface area (Å²) in [5.41, 5.74) is 6.46. The van der Waals surface area contributed by atoms with Gasteiger partial charge in [0.25, 0.3) is 5.91 Å². The second kappa shape index (κ2) is 9.13. The Kier molecular flexibility index (Phi) is 6.36. The maximum Gasteiger partial charge on any atom is 0.433 e. The molecule has 2 amide bonds. The molecule has 9 nitrogen and oxygen atoms in total. The van der Waals surface area contributed by atoms with Gasteiger partial charge in [0.15, 0.2) is 0 Å². The summed E-state index contributed by atoms with van der Waals surface area (Å²) in [4.78, 5) is 28.6. The van der Waals surface area contributed by atoms with Crippen LogP contribution in [0.3, 0.4) is 0 Å². The molecule has 4 aromatic rings. The van der Waals surface area contributed by atoms with E-state index in [1.54, 1.807) is 34.9 Å². The number of anilines is 1. The van der Waals surface area contributed by atoms with Crippen LogP contribution < -0.4 is 11.1 Å². The SMILES string of the molecule is CCn1cc(-c2cc(C(F)(F)F)nc3sc(C(N)=O)c(NC(=O)CCn4cc(C)cn4)c23)c(C)n1. The number of pyridine rings is 1. The summed E-state index contributed by atoms with van der Waals surface area (Å²) in [6, 6.07) is 0.909. The first-order chi connectivity index (χ1) is 16.5. The van der Waals surface area contributed by atoms with Gasteiger partial charge in [-0.25, -0.2) is 4.98 Å². The zero-order chi connectivity index (χ0) is 25.5. The van der Waals surface area contributed by atoms with E-state index in [-0.39, 0.29) is 39.3 Å². The van der Waals surface area contributed by atoms with Crippen LogP contribution in [0.15, 0.2) is 24.7 Å². The van der Waals surface area contributed by atoms with E-state index in [4.69, 9.17) is 5.73 Å². The Balaban J connectivity index is 1.85. The molecule has 13 heteroatoms. The van der Waals surface area contributed by atoms with Crippen molar-refractivity contribution in [1.29, 1.82) is 0 Å². The highest BCUT2D eigenvalue weighted by atomic mass is 32.1. The van der Waals surface area contributed by atoms with E-state index in [0.29, 0.717) is 29.1 Å². The summed E-state index contributed by atoms with van der Waals surface area (Å²) in [7, 11) is 0. The van der Waals surface area contributed by atoms with Crippen LogP contribution in [0.1, 0.15) is 40.0 Å². The Morgan fingerprint density at radius 1 is 1.17 bits per heavy atom. The van der Waals surface area contributed by atoms with Crippen LogP contribution >= 0.6 is 11.3 Å². The number of halogens is 3. The molecule has 184 valence electrons. The van der Waals surface area contributed by atoms with Crippen LogP contribution in [-0.4, -0.2) is 36.4 Å². The maximum atomic E-state index is 13.7. The number of aryl methyl sites for hydroxylation is 4. The number of hydrogen-bond donors (Lipinski definition) is 2. The molecular formula is C22H22F3N7O2S. The van der Waals surface area contributed by atoms with E-state index in [2.05, 4.69) is 20.5 Å². The van der Waals surface area contributed by atoms with E-state index in [9.17, 15) is 22.8 Å². The number of carbonyl (C=O) groups excluding carboxylic acids is 2. The van der Waals surface area contributed by atoms with Gasteiger partial charge < -0.3 is 11.1 Å². The molecule has 4 aromatic heterocycles. The van der Waals surface area contributed by atoms with Gasteiger partial charge in [0.1, 0.15) is 15.4 Å². The minimum atomic E-state index is -4.72. The molecule has 4 heterocycles. The van der Waals surface area contributed by atoms with Crippen LogP contribution in [0.2, 0.25) is 0 Å². The standard InChI is InChI=1S/C22H22F3N7O2S/c1-4-31-10-14(12(3)30-31)13-7-15(22(23,24)25)28-21-17(13)18(19(35-21)20(26)34)29-16(33)5-6-32-9-11(2)8-27-32/h7-10H,4-6H2,1-3H3,(H2,26,34)(H,29,33). The Morgan fingerprint density at radius 3 is 2.49 bits per heavy atom. The van der Waals surface area contributed by atoms with Gasteiger partial charge >= 0.3 is 6.18 Å². The van der Waals surface area contributed by atoms with E-state index in [1.807, 2.05) is 13.8 Å². The maximum absolute atomic E-state index is 13.7. The van der Waals surface area contributed by atoms with Crippen LogP contribution in [0.4, 0.5) is 18.9 Å². The minimum absolute atomic E-state index is 0.0207. The molecule has 0 fully saturated rings. The number of nitrogens with one attached hydrogen (secondary N) is 1. The predicted octanol–water partition coefficient (Wildman–Crippen LogP) is 4.14. The number of amides is 2. The van der Waals surface area contributed by atoms with E-state index < -0.39 is 23.7 Å². The molecule has 0 bridgehead atoms. The summed E-state index contributed by atoms with van der Waals surface area (Å²) in [5.74, 6) is -1.33. The summed E-state index contributed by atoms with van der Waals surface area (Å²) < 4.78 is 44.2. The second-order valence-corrected chi connectivity index (χ2v) is 8.97. The zero-order valence-corrected chi connectivity index (χ0v) is 19.9. The summed E-state index contributed by atoms with van der Waals surface area (Å²) in [6.45, 7) is 6.18. The van der Waals surface area contributed by atoms with Crippen molar-refractivity contribution in [1.82, 2.24) is 24.5 Å². The monoisotopic (exact) mass is 505 g/mol. The quantitative estimate of drug-likeness (QED) is 0.391. The van der Waals surface area contributed by atoms with Crippen molar-refractivity contribution in [2.75, 3.05) is 5.32 Å². The van der Waals surface area contributed by atoms with Crippen LogP contribution in [0, 0.1) is 13.8 Å². The summed E-state index contributed by atoms with van der Waals surface area (Å²) in [5, 5.41) is 11.3. The lowest BCUT2D eigenvalue weighted by Crippen LogP contribution is -2.18. The molecule has 0 unspecified atom stereocenters. The number of nitrogens with two attached hydrogens (primary N) is 1. The van der Waals surface area contributed by atoms with Crippen molar-refractivity contribution in [3.8, 4) is 11.1 Å². The first-order valence-corrected chi connectivity index (χ1v) is 11.5. The molecule has 0 atom stereocenters. The molecule has 0 aliphatic carbocycles. The largest absolute Gasteiger partial charge is 0.433 e. The topological polar surface area (TPSA) is 121 Å². The number of alkyl halides is 3. The number of primary amides is 1. The number of fused-ring (bicyclic) bond motifs is 1. The molecule has 35 heavy (non-hydrogen) atoms. The van der Waals surface area contributed by atoms with Crippen LogP contribution in [-0.2, 0) is 24.1 Å². The van der Waals surface area contributed by atoms with Crippen molar-refractivity contribution in [3.05, 3.63) is 46.5 Å². The normalized spacial score (nSPS) is 11.8. The highest BCUT2D eigenvalue weighted by molar-refractivity contribution is 7.21. The van der Waals surface area contributed by atoms with Gasteiger partial charge in [0.2, 0.25) is 5.91 Å². The van der Waals surface area contributed by atoms with Crippen molar-refractivity contribution < 1.29 is 22.8 Å². The molecule has 0 saturated carbocycles. The minimum Gasteiger partial charge on any atom is -0.365 e. The van der Waals surface area contributed by atoms with Gasteiger partial charge in [-0.2, -0.15) is 23.4 Å². The van der Waals surface area contributed by atoms with Gasteiger partial charge in [0, 0.05) is 42.9 Å². The fraction of sp³-hybridized carbons (Fsp3) is 0.318. The van der Waals surface area contributed by atoms with Crippen molar-refractivity contribution in [2.24, 2.45) is 5.73 Å². The fourth-order valence-electron chi connectivity index (χ4n) is 3.70. The van der Waals surface area contributed by atoms with Crippen molar-refractivity contribution >= 4 is 39.1 Å². The van der Waals surface area contributed by atoms with Crippen LogP contribution in [0.5, 0.6) is 0 Å². The second-order valence-electron chi connectivity index (χ2n) is 7.97. The van der Waals surface area contributed by atoms with Crippen molar-refractivity contribution in [3.63, 3.8) is 0 Å². The molecular weight excluding hydrogens is 483 g/mol. The number of nitrogens with zero attached hydrogens (tertiary/aromatic N) is 5. The summed E-state index contributed by atoms with van der Waals surface area (Å²) in [6.07, 6.45) is 0.353. The molecule has 0 aliphatic heterocycles. The van der Waals surface area contributed by atoms with Gasteiger partial charge in [0.05, 0.1) is 17.6 Å². The third kappa shape index (κ3) is 4.90. The Morgan fingerprint density at radius 2 is 1.91 bits per heavy atom. The molecule has 3 N–H and O–H groups in total. The van der Waals surface area contributed by atoms with E-state index in [1.165, 1.54) is 0 Å². The number of thiophene rings is 1. The molecule has 0 aromatic carbocycles. The third-order valence-electron chi connectivity index (χ3n) is 5.33. The van der Waals surface area contributed by atoms with Gasteiger partial charge in [-0.15, -0.1) is 11.3 Å². The molecule has 0 aliphatic rings. The predicted molar refractivity (Wildman–Crippen MR) is 125 cm³/mol. The number of aromatic nitrogens is 5. The Hall–Kier alpha value is -3.74. The smallest absolute Gasteiger partial charge is 0.365 e. The molecule has 4 rings (SSSR count).